The van der Waals surface area contributed by atoms with Gasteiger partial charge in [-0.1, -0.05) is 11.6 Å². The lowest BCUT2D eigenvalue weighted by molar-refractivity contribution is 0.281. The first-order chi connectivity index (χ1) is 11.1. The van der Waals surface area contributed by atoms with Gasteiger partial charge in [0.05, 0.1) is 20.3 Å². The molecule has 2 rings (SSSR count). The predicted octanol–water partition coefficient (Wildman–Crippen LogP) is 2.39. The third kappa shape index (κ3) is 4.07. The summed E-state index contributed by atoms with van der Waals surface area (Å²) in [4.78, 5) is 1.90. The summed E-state index contributed by atoms with van der Waals surface area (Å²) in [6.45, 7) is 0.772. The Morgan fingerprint density at radius 3 is 2.35 bits per heavy atom. The molecule has 6 heteroatoms. The second-order valence-electron chi connectivity index (χ2n) is 5.06. The van der Waals surface area contributed by atoms with Crippen molar-refractivity contribution in [3.8, 4) is 16.9 Å². The van der Waals surface area contributed by atoms with E-state index in [1.54, 1.807) is 25.3 Å². The molecule has 23 heavy (non-hydrogen) atoms. The van der Waals surface area contributed by atoms with E-state index in [-0.39, 0.29) is 13.2 Å². The van der Waals surface area contributed by atoms with Crippen molar-refractivity contribution in [3.05, 3.63) is 41.4 Å². The maximum absolute atomic E-state index is 9.29. The van der Waals surface area contributed by atoms with Gasteiger partial charge in [0.1, 0.15) is 5.75 Å². The topological polar surface area (TPSA) is 79.0 Å². The number of nitrogen functional groups attached to an aromatic ring is 1. The van der Waals surface area contributed by atoms with Crippen molar-refractivity contribution in [2.24, 2.45) is 0 Å². The monoisotopic (exact) mass is 336 g/mol. The Bertz CT molecular complexity index is 658. The van der Waals surface area contributed by atoms with Crippen LogP contribution in [-0.4, -0.2) is 43.6 Å². The second kappa shape index (κ2) is 8.06. The SMILES string of the molecule is COc1ccc(Cl)cc1-c1cc(N)ccc1N(CCO)CCO. The smallest absolute Gasteiger partial charge is 0.126 e. The summed E-state index contributed by atoms with van der Waals surface area (Å²) in [5, 5.41) is 19.2. The zero-order chi connectivity index (χ0) is 16.8. The van der Waals surface area contributed by atoms with Gasteiger partial charge in [0.25, 0.3) is 0 Å². The molecule has 0 aliphatic rings. The van der Waals surface area contributed by atoms with Crippen molar-refractivity contribution in [1.82, 2.24) is 0 Å². The Balaban J connectivity index is 2.61. The van der Waals surface area contributed by atoms with Gasteiger partial charge >= 0.3 is 0 Å². The normalized spacial score (nSPS) is 10.6. The lowest BCUT2D eigenvalue weighted by atomic mass is 10.0. The number of ether oxygens (including phenoxy) is 1. The van der Waals surface area contributed by atoms with E-state index in [4.69, 9.17) is 22.1 Å². The fourth-order valence-electron chi connectivity index (χ4n) is 2.53. The number of methoxy groups -OCH3 is 1. The van der Waals surface area contributed by atoms with Gasteiger partial charge in [-0.25, -0.2) is 0 Å². The van der Waals surface area contributed by atoms with Crippen LogP contribution in [0.1, 0.15) is 0 Å². The van der Waals surface area contributed by atoms with E-state index in [2.05, 4.69) is 0 Å². The second-order valence-corrected chi connectivity index (χ2v) is 5.49. The van der Waals surface area contributed by atoms with Crippen LogP contribution in [0.15, 0.2) is 36.4 Å². The van der Waals surface area contributed by atoms with E-state index in [9.17, 15) is 10.2 Å². The van der Waals surface area contributed by atoms with Gasteiger partial charge in [0.15, 0.2) is 0 Å². The van der Waals surface area contributed by atoms with Crippen LogP contribution < -0.4 is 15.4 Å². The largest absolute Gasteiger partial charge is 0.496 e. The molecule has 0 saturated carbocycles. The van der Waals surface area contributed by atoms with E-state index in [0.717, 1.165) is 16.8 Å². The molecule has 0 aliphatic carbocycles. The van der Waals surface area contributed by atoms with Crippen molar-refractivity contribution in [2.75, 3.05) is 44.0 Å². The van der Waals surface area contributed by atoms with Crippen LogP contribution in [-0.2, 0) is 0 Å². The minimum atomic E-state index is -0.0174. The number of benzene rings is 2. The molecule has 0 unspecified atom stereocenters. The number of halogens is 1. The van der Waals surface area contributed by atoms with E-state index >= 15 is 0 Å². The molecule has 0 aliphatic heterocycles. The molecule has 5 nitrogen and oxygen atoms in total. The standard InChI is InChI=1S/C17H21ClN2O3/c1-23-17-5-2-12(18)10-15(17)14-11-13(19)3-4-16(14)20(6-8-21)7-9-22/h2-5,10-11,21-22H,6-9,19H2,1H3. The van der Waals surface area contributed by atoms with E-state index in [1.807, 2.05) is 23.1 Å². The molecule has 4 N–H and O–H groups in total. The lowest BCUT2D eigenvalue weighted by Crippen LogP contribution is -2.30. The summed E-state index contributed by atoms with van der Waals surface area (Å²) in [5.41, 5.74) is 9.06. The highest BCUT2D eigenvalue weighted by Gasteiger charge is 2.16. The van der Waals surface area contributed by atoms with E-state index in [0.29, 0.717) is 29.5 Å². The number of hydrogen-bond acceptors (Lipinski definition) is 5. The molecule has 0 atom stereocenters. The molecular formula is C17H21ClN2O3. The fraction of sp³-hybridized carbons (Fsp3) is 0.294. The third-order valence-electron chi connectivity index (χ3n) is 3.55. The Kier molecular flexibility index (Phi) is 6.10. The van der Waals surface area contributed by atoms with Gasteiger partial charge in [-0.15, -0.1) is 0 Å². The van der Waals surface area contributed by atoms with Crippen molar-refractivity contribution in [3.63, 3.8) is 0 Å². The van der Waals surface area contributed by atoms with Crippen LogP contribution in [0.2, 0.25) is 5.02 Å². The van der Waals surface area contributed by atoms with Gasteiger partial charge in [-0.2, -0.15) is 0 Å². The minimum Gasteiger partial charge on any atom is -0.496 e. The van der Waals surface area contributed by atoms with Crippen LogP contribution in [0, 0.1) is 0 Å². The quantitative estimate of drug-likeness (QED) is 0.677. The van der Waals surface area contributed by atoms with Gasteiger partial charge in [-0.05, 0) is 36.4 Å². The first kappa shape index (κ1) is 17.4. The van der Waals surface area contributed by atoms with Gasteiger partial charge in [-0.3, -0.25) is 0 Å². The summed E-state index contributed by atoms with van der Waals surface area (Å²) in [7, 11) is 1.60. The molecule has 0 aromatic heterocycles. The number of nitrogens with two attached hydrogens (primary N) is 1. The molecule has 0 radical (unpaired) electrons. The highest BCUT2D eigenvalue weighted by Crippen LogP contribution is 2.39. The first-order valence-electron chi connectivity index (χ1n) is 7.30. The van der Waals surface area contributed by atoms with Gasteiger partial charge < -0.3 is 25.6 Å². The van der Waals surface area contributed by atoms with E-state index < -0.39 is 0 Å². The highest BCUT2D eigenvalue weighted by molar-refractivity contribution is 6.31. The maximum atomic E-state index is 9.29. The summed E-state index contributed by atoms with van der Waals surface area (Å²) < 4.78 is 5.43. The van der Waals surface area contributed by atoms with Crippen LogP contribution in [0.5, 0.6) is 5.75 Å². The summed E-state index contributed by atoms with van der Waals surface area (Å²) in [5.74, 6) is 0.675. The summed E-state index contributed by atoms with van der Waals surface area (Å²) in [6, 6.07) is 10.9. The molecule has 0 spiro atoms. The van der Waals surface area contributed by atoms with Crippen LogP contribution >= 0.6 is 11.6 Å². The van der Waals surface area contributed by atoms with Crippen LogP contribution in [0.25, 0.3) is 11.1 Å². The van der Waals surface area contributed by atoms with Gasteiger partial charge in [0.2, 0.25) is 0 Å². The number of anilines is 2. The summed E-state index contributed by atoms with van der Waals surface area (Å²) in [6.07, 6.45) is 0. The first-order valence-corrected chi connectivity index (χ1v) is 7.68. The molecule has 0 fully saturated rings. The highest BCUT2D eigenvalue weighted by atomic mass is 35.5. The molecule has 124 valence electrons. The van der Waals surface area contributed by atoms with Crippen molar-refractivity contribution in [1.29, 1.82) is 0 Å². The summed E-state index contributed by atoms with van der Waals surface area (Å²) >= 11 is 6.14. The zero-order valence-corrected chi connectivity index (χ0v) is 13.8. The predicted molar refractivity (Wildman–Crippen MR) is 94.2 cm³/mol. The number of aliphatic hydroxyl groups is 2. The Morgan fingerprint density at radius 1 is 1.04 bits per heavy atom. The van der Waals surface area contributed by atoms with Crippen molar-refractivity contribution < 1.29 is 14.9 Å². The fourth-order valence-corrected chi connectivity index (χ4v) is 2.70. The lowest BCUT2D eigenvalue weighted by Gasteiger charge is -2.26. The zero-order valence-electron chi connectivity index (χ0n) is 13.0. The van der Waals surface area contributed by atoms with Crippen LogP contribution in [0.3, 0.4) is 0 Å². The Morgan fingerprint density at radius 2 is 1.74 bits per heavy atom. The van der Waals surface area contributed by atoms with Crippen LogP contribution in [0.4, 0.5) is 11.4 Å². The molecule has 2 aromatic carbocycles. The Hall–Kier alpha value is -1.95. The number of hydrogen-bond donors (Lipinski definition) is 3. The number of rotatable bonds is 7. The molecule has 2 aromatic rings. The molecule has 0 bridgehead atoms. The van der Waals surface area contributed by atoms with Crippen molar-refractivity contribution >= 4 is 23.0 Å². The molecular weight excluding hydrogens is 316 g/mol. The average molecular weight is 337 g/mol. The molecule has 0 saturated heterocycles. The van der Waals surface area contributed by atoms with Gasteiger partial charge in [0, 0.05) is 40.6 Å². The maximum Gasteiger partial charge on any atom is 0.126 e. The minimum absolute atomic E-state index is 0.0174. The number of nitrogens with zero attached hydrogens (tertiary/aromatic N) is 1. The average Bonchev–Trinajstić information content (AvgIpc) is 2.54. The molecule has 0 heterocycles. The Labute approximate surface area is 140 Å². The molecule has 0 amide bonds. The van der Waals surface area contributed by atoms with E-state index in [1.165, 1.54) is 0 Å². The van der Waals surface area contributed by atoms with Crippen molar-refractivity contribution in [2.45, 2.75) is 0 Å². The third-order valence-corrected chi connectivity index (χ3v) is 3.79. The number of aliphatic hydroxyl groups excluding tert-OH is 2.